The van der Waals surface area contributed by atoms with E-state index in [4.69, 9.17) is 0 Å². The zero-order valence-corrected chi connectivity index (χ0v) is 12.2. The average Bonchev–Trinajstić information content (AvgIpc) is 2.40. The summed E-state index contributed by atoms with van der Waals surface area (Å²) < 4.78 is 0.880. The number of hydrogen-bond donors (Lipinski definition) is 1. The van der Waals surface area contributed by atoms with Crippen LogP contribution in [0.2, 0.25) is 0 Å². The molecular formula is C15H18BrNO. The van der Waals surface area contributed by atoms with Crippen molar-refractivity contribution >= 4 is 15.9 Å². The van der Waals surface area contributed by atoms with Gasteiger partial charge in [0.1, 0.15) is 0 Å². The van der Waals surface area contributed by atoms with E-state index in [1.54, 1.807) is 0 Å². The predicted octanol–water partition coefficient (Wildman–Crippen LogP) is 4.20. The van der Waals surface area contributed by atoms with Crippen LogP contribution in [0, 0.1) is 22.7 Å². The molecule has 1 aromatic rings. The Kier molecular flexibility index (Phi) is 4.09. The van der Waals surface area contributed by atoms with Crippen LogP contribution in [-0.2, 0) is 0 Å². The lowest BCUT2D eigenvalue weighted by Crippen LogP contribution is -2.32. The van der Waals surface area contributed by atoms with Gasteiger partial charge in [0.05, 0.1) is 17.6 Å². The first-order chi connectivity index (χ1) is 8.59. The monoisotopic (exact) mass is 307 g/mol. The van der Waals surface area contributed by atoms with E-state index in [2.05, 4.69) is 28.9 Å². The van der Waals surface area contributed by atoms with Gasteiger partial charge >= 0.3 is 0 Å². The Morgan fingerprint density at radius 2 is 2.00 bits per heavy atom. The SMILES string of the molecule is CC1CCC(C#N)(C(O)c2ccccc2Br)CC1. The molecule has 3 heteroatoms. The van der Waals surface area contributed by atoms with Crippen LogP contribution < -0.4 is 0 Å². The quantitative estimate of drug-likeness (QED) is 0.889. The molecule has 0 amide bonds. The largest absolute Gasteiger partial charge is 0.387 e. The number of rotatable bonds is 2. The fraction of sp³-hybridized carbons (Fsp3) is 0.533. The first-order valence-corrected chi connectivity index (χ1v) is 7.22. The zero-order valence-electron chi connectivity index (χ0n) is 10.6. The second kappa shape index (κ2) is 5.42. The third-order valence-electron chi connectivity index (χ3n) is 4.11. The van der Waals surface area contributed by atoms with Gasteiger partial charge in [-0.1, -0.05) is 41.1 Å². The smallest absolute Gasteiger partial charge is 0.0987 e. The molecule has 0 aromatic heterocycles. The second-order valence-electron chi connectivity index (χ2n) is 5.37. The molecule has 2 rings (SSSR count). The van der Waals surface area contributed by atoms with E-state index in [-0.39, 0.29) is 0 Å². The summed E-state index contributed by atoms with van der Waals surface area (Å²) in [4.78, 5) is 0. The molecule has 0 heterocycles. The molecule has 1 fully saturated rings. The fourth-order valence-corrected chi connectivity index (χ4v) is 3.22. The minimum atomic E-state index is -0.703. The number of hydrogen-bond acceptors (Lipinski definition) is 2. The van der Waals surface area contributed by atoms with Crippen molar-refractivity contribution in [1.29, 1.82) is 5.26 Å². The summed E-state index contributed by atoms with van der Waals surface area (Å²) in [6, 6.07) is 10.0. The van der Waals surface area contributed by atoms with Crippen LogP contribution in [0.1, 0.15) is 44.3 Å². The molecule has 0 radical (unpaired) electrons. The maximum Gasteiger partial charge on any atom is 0.0987 e. The molecular weight excluding hydrogens is 290 g/mol. The molecule has 96 valence electrons. The lowest BCUT2D eigenvalue weighted by molar-refractivity contribution is 0.0261. The summed E-state index contributed by atoms with van der Waals surface area (Å²) in [5.74, 6) is 0.665. The fourth-order valence-electron chi connectivity index (χ4n) is 2.72. The van der Waals surface area contributed by atoms with Crippen LogP contribution in [0.15, 0.2) is 28.7 Å². The van der Waals surface area contributed by atoms with Gasteiger partial charge in [0, 0.05) is 4.47 Å². The highest BCUT2D eigenvalue weighted by Gasteiger charge is 2.42. The molecule has 0 aliphatic heterocycles. The molecule has 1 aliphatic carbocycles. The summed E-state index contributed by atoms with van der Waals surface area (Å²) in [6.45, 7) is 2.21. The zero-order chi connectivity index (χ0) is 13.2. The van der Waals surface area contributed by atoms with Crippen molar-refractivity contribution in [3.8, 4) is 6.07 Å². The molecule has 1 unspecified atom stereocenters. The topological polar surface area (TPSA) is 44.0 Å². The Hall–Kier alpha value is -0.850. The summed E-state index contributed by atoms with van der Waals surface area (Å²) >= 11 is 3.46. The van der Waals surface area contributed by atoms with Gasteiger partial charge in [0.2, 0.25) is 0 Å². The molecule has 0 saturated heterocycles. The van der Waals surface area contributed by atoms with E-state index < -0.39 is 11.5 Å². The molecule has 1 aromatic carbocycles. The standard InChI is InChI=1S/C15H18BrNO/c1-11-6-8-15(10-17,9-7-11)14(18)12-4-2-3-5-13(12)16/h2-5,11,14,18H,6-9H2,1H3. The highest BCUT2D eigenvalue weighted by molar-refractivity contribution is 9.10. The third-order valence-corrected chi connectivity index (χ3v) is 4.83. The van der Waals surface area contributed by atoms with Crippen LogP contribution in [-0.4, -0.2) is 5.11 Å². The van der Waals surface area contributed by atoms with Crippen LogP contribution in [0.3, 0.4) is 0 Å². The van der Waals surface area contributed by atoms with Gasteiger partial charge in [0.15, 0.2) is 0 Å². The average molecular weight is 308 g/mol. The van der Waals surface area contributed by atoms with Gasteiger partial charge in [0.25, 0.3) is 0 Å². The van der Waals surface area contributed by atoms with E-state index in [0.717, 1.165) is 35.7 Å². The van der Waals surface area contributed by atoms with Crippen molar-refractivity contribution in [3.05, 3.63) is 34.3 Å². The number of nitrogens with zero attached hydrogens (tertiary/aromatic N) is 1. The van der Waals surface area contributed by atoms with E-state index in [1.807, 2.05) is 24.3 Å². The maximum atomic E-state index is 10.6. The molecule has 2 nitrogen and oxygen atoms in total. The lowest BCUT2D eigenvalue weighted by Gasteiger charge is -2.37. The Morgan fingerprint density at radius 1 is 1.39 bits per heavy atom. The van der Waals surface area contributed by atoms with Gasteiger partial charge in [-0.25, -0.2) is 0 Å². The van der Waals surface area contributed by atoms with Crippen molar-refractivity contribution in [1.82, 2.24) is 0 Å². The normalized spacial score (nSPS) is 29.6. The Labute approximate surface area is 117 Å². The van der Waals surface area contributed by atoms with Crippen molar-refractivity contribution in [2.24, 2.45) is 11.3 Å². The number of aliphatic hydroxyl groups excluding tert-OH is 1. The van der Waals surface area contributed by atoms with E-state index in [0.29, 0.717) is 5.92 Å². The molecule has 1 atom stereocenters. The molecule has 0 bridgehead atoms. The van der Waals surface area contributed by atoms with Crippen LogP contribution in [0.4, 0.5) is 0 Å². The van der Waals surface area contributed by atoms with E-state index in [1.165, 1.54) is 0 Å². The Morgan fingerprint density at radius 3 is 2.56 bits per heavy atom. The van der Waals surface area contributed by atoms with Crippen molar-refractivity contribution in [2.75, 3.05) is 0 Å². The lowest BCUT2D eigenvalue weighted by atomic mass is 9.67. The molecule has 0 spiro atoms. The molecule has 1 N–H and O–H groups in total. The predicted molar refractivity (Wildman–Crippen MR) is 74.8 cm³/mol. The van der Waals surface area contributed by atoms with E-state index in [9.17, 15) is 10.4 Å². The van der Waals surface area contributed by atoms with Gasteiger partial charge in [-0.3, -0.25) is 0 Å². The third kappa shape index (κ3) is 2.46. The van der Waals surface area contributed by atoms with Crippen LogP contribution in [0.5, 0.6) is 0 Å². The minimum absolute atomic E-state index is 0.615. The first kappa shape index (κ1) is 13.6. The summed E-state index contributed by atoms with van der Waals surface area (Å²) in [5.41, 5.74) is 0.213. The van der Waals surface area contributed by atoms with Crippen LogP contribution >= 0.6 is 15.9 Å². The number of aliphatic hydroxyl groups is 1. The van der Waals surface area contributed by atoms with Gasteiger partial charge in [-0.15, -0.1) is 0 Å². The van der Waals surface area contributed by atoms with E-state index >= 15 is 0 Å². The first-order valence-electron chi connectivity index (χ1n) is 6.43. The highest BCUT2D eigenvalue weighted by Crippen LogP contribution is 2.48. The maximum absolute atomic E-state index is 10.6. The van der Waals surface area contributed by atoms with Gasteiger partial charge in [-0.2, -0.15) is 5.26 Å². The van der Waals surface area contributed by atoms with Crippen molar-refractivity contribution in [3.63, 3.8) is 0 Å². The van der Waals surface area contributed by atoms with Crippen molar-refractivity contribution < 1.29 is 5.11 Å². The molecule has 1 aliphatic rings. The number of halogens is 1. The molecule has 18 heavy (non-hydrogen) atoms. The summed E-state index contributed by atoms with van der Waals surface area (Å²) in [5, 5.41) is 20.1. The Bertz CT molecular complexity index is 458. The highest BCUT2D eigenvalue weighted by atomic mass is 79.9. The Balaban J connectivity index is 2.29. The van der Waals surface area contributed by atoms with Gasteiger partial charge < -0.3 is 5.11 Å². The van der Waals surface area contributed by atoms with Crippen molar-refractivity contribution in [2.45, 2.75) is 38.7 Å². The summed E-state index contributed by atoms with van der Waals surface area (Å²) in [7, 11) is 0. The number of benzene rings is 1. The number of nitriles is 1. The molecule has 1 saturated carbocycles. The van der Waals surface area contributed by atoms with Gasteiger partial charge in [-0.05, 0) is 43.2 Å². The van der Waals surface area contributed by atoms with Crippen LogP contribution in [0.25, 0.3) is 0 Å². The second-order valence-corrected chi connectivity index (χ2v) is 6.23. The minimum Gasteiger partial charge on any atom is -0.387 e. The summed E-state index contributed by atoms with van der Waals surface area (Å²) in [6.07, 6.45) is 2.91.